The van der Waals surface area contributed by atoms with Gasteiger partial charge in [0.15, 0.2) is 0 Å². The van der Waals surface area contributed by atoms with Gasteiger partial charge in [0, 0.05) is 24.6 Å². The summed E-state index contributed by atoms with van der Waals surface area (Å²) in [6, 6.07) is 11.8. The molecule has 4 nitrogen and oxygen atoms in total. The lowest BCUT2D eigenvalue weighted by Gasteiger charge is -2.34. The molecule has 0 saturated heterocycles. The van der Waals surface area contributed by atoms with Crippen LogP contribution in [0.5, 0.6) is 5.75 Å². The molecule has 4 N–H and O–H groups in total. The van der Waals surface area contributed by atoms with E-state index in [1.165, 1.54) is 5.56 Å². The Morgan fingerprint density at radius 1 is 1.29 bits per heavy atom. The van der Waals surface area contributed by atoms with Crippen molar-refractivity contribution in [2.24, 2.45) is 5.73 Å². The highest BCUT2D eigenvalue weighted by Crippen LogP contribution is 2.45. The van der Waals surface area contributed by atoms with Crippen LogP contribution in [0.3, 0.4) is 0 Å². The fourth-order valence-electron chi connectivity index (χ4n) is 4.12. The molecule has 1 amide bonds. The second-order valence-corrected chi connectivity index (χ2v) is 6.68. The van der Waals surface area contributed by atoms with Crippen LogP contribution in [-0.4, -0.2) is 17.6 Å². The summed E-state index contributed by atoms with van der Waals surface area (Å²) in [5.41, 5.74) is 11.1. The molecule has 0 fully saturated rings. The number of primary amides is 1. The molecule has 1 aliphatic rings. The van der Waals surface area contributed by atoms with Crippen molar-refractivity contribution in [3.63, 3.8) is 0 Å². The molecule has 2 aromatic carbocycles. The molecule has 2 aromatic rings. The smallest absolute Gasteiger partial charge is 0.218 e. The number of para-hydroxylation sites is 1. The van der Waals surface area contributed by atoms with Crippen molar-refractivity contribution in [1.29, 1.82) is 0 Å². The Morgan fingerprint density at radius 3 is 2.62 bits per heavy atom. The minimum absolute atomic E-state index is 0.0198. The summed E-state index contributed by atoms with van der Waals surface area (Å²) in [6.45, 7) is 4.86. The number of benzene rings is 2. The van der Waals surface area contributed by atoms with E-state index in [1.807, 2.05) is 26.0 Å². The highest BCUT2D eigenvalue weighted by Gasteiger charge is 2.32. The molecular weight excluding hydrogens is 300 g/mol. The van der Waals surface area contributed by atoms with Gasteiger partial charge < -0.3 is 16.2 Å². The van der Waals surface area contributed by atoms with Crippen LogP contribution in [0, 0.1) is 13.8 Å². The first kappa shape index (κ1) is 16.4. The second-order valence-electron chi connectivity index (χ2n) is 6.68. The zero-order valence-corrected chi connectivity index (χ0v) is 14.2. The van der Waals surface area contributed by atoms with E-state index in [-0.39, 0.29) is 23.5 Å². The van der Waals surface area contributed by atoms with Gasteiger partial charge in [-0.15, -0.1) is 0 Å². The van der Waals surface area contributed by atoms with E-state index >= 15 is 0 Å². The predicted octanol–water partition coefficient (Wildman–Crippen LogP) is 3.57. The van der Waals surface area contributed by atoms with Gasteiger partial charge in [-0.05, 0) is 66.6 Å². The average molecular weight is 324 g/mol. The Hall–Kier alpha value is -2.49. The molecule has 0 spiro atoms. The van der Waals surface area contributed by atoms with Crippen molar-refractivity contribution in [3.8, 4) is 5.75 Å². The van der Waals surface area contributed by atoms with E-state index in [4.69, 9.17) is 5.73 Å². The molecule has 0 bridgehead atoms. The Kier molecular flexibility index (Phi) is 4.47. The number of nitrogens with two attached hydrogens (primary N) is 1. The van der Waals surface area contributed by atoms with Gasteiger partial charge in [0.25, 0.3) is 0 Å². The molecule has 1 aliphatic heterocycles. The Balaban J connectivity index is 2.11. The van der Waals surface area contributed by atoms with Crippen molar-refractivity contribution < 1.29 is 9.90 Å². The second kappa shape index (κ2) is 6.56. The van der Waals surface area contributed by atoms with E-state index in [2.05, 4.69) is 17.4 Å². The van der Waals surface area contributed by atoms with Gasteiger partial charge in [0.1, 0.15) is 5.75 Å². The van der Waals surface area contributed by atoms with Crippen molar-refractivity contribution >= 4 is 11.6 Å². The van der Waals surface area contributed by atoms with Crippen LogP contribution in [0.1, 0.15) is 46.9 Å². The number of phenols is 1. The fraction of sp³-hybridized carbons (Fsp3) is 0.350. The SMILES string of the molecule is Cc1cc(O)cc(C)c1C(CC(N)=O)C1CCNc2ccccc21. The molecule has 24 heavy (non-hydrogen) atoms. The molecule has 126 valence electrons. The van der Waals surface area contributed by atoms with E-state index < -0.39 is 0 Å². The van der Waals surface area contributed by atoms with Crippen molar-refractivity contribution in [2.75, 3.05) is 11.9 Å². The number of nitrogens with one attached hydrogen (secondary N) is 1. The molecule has 4 heteroatoms. The summed E-state index contributed by atoms with van der Waals surface area (Å²) in [6.07, 6.45) is 1.26. The predicted molar refractivity (Wildman–Crippen MR) is 96.4 cm³/mol. The zero-order valence-electron chi connectivity index (χ0n) is 14.2. The van der Waals surface area contributed by atoms with Crippen molar-refractivity contribution in [2.45, 2.75) is 38.5 Å². The molecular formula is C20H24N2O2. The molecule has 0 saturated carbocycles. The third-order valence-corrected chi connectivity index (χ3v) is 4.99. The number of phenolic OH excluding ortho intramolecular Hbond substituents is 1. The van der Waals surface area contributed by atoms with Gasteiger partial charge >= 0.3 is 0 Å². The maximum absolute atomic E-state index is 11.8. The van der Waals surface area contributed by atoms with Crippen molar-refractivity contribution in [3.05, 3.63) is 58.7 Å². The normalized spacial score (nSPS) is 17.7. The third kappa shape index (κ3) is 3.09. The number of hydrogen-bond donors (Lipinski definition) is 3. The number of aromatic hydroxyl groups is 1. The molecule has 2 unspecified atom stereocenters. The third-order valence-electron chi connectivity index (χ3n) is 4.99. The number of carbonyl (C=O) groups is 1. The topological polar surface area (TPSA) is 75.3 Å². The number of aryl methyl sites for hydroxylation is 2. The highest BCUT2D eigenvalue weighted by atomic mass is 16.3. The van der Waals surface area contributed by atoms with Crippen LogP contribution in [0.4, 0.5) is 5.69 Å². The van der Waals surface area contributed by atoms with Gasteiger partial charge in [-0.3, -0.25) is 4.79 Å². The van der Waals surface area contributed by atoms with Gasteiger partial charge in [-0.1, -0.05) is 18.2 Å². The number of anilines is 1. The lowest BCUT2D eigenvalue weighted by molar-refractivity contribution is -0.118. The Labute approximate surface area is 142 Å². The highest BCUT2D eigenvalue weighted by molar-refractivity contribution is 5.75. The minimum atomic E-state index is -0.289. The number of amides is 1. The Bertz CT molecular complexity index is 747. The van der Waals surface area contributed by atoms with Crippen LogP contribution in [-0.2, 0) is 4.79 Å². The van der Waals surface area contributed by atoms with Crippen LogP contribution < -0.4 is 11.1 Å². The van der Waals surface area contributed by atoms with E-state index in [0.717, 1.165) is 35.3 Å². The van der Waals surface area contributed by atoms with Crippen LogP contribution in [0.2, 0.25) is 0 Å². The van der Waals surface area contributed by atoms with Crippen LogP contribution >= 0.6 is 0 Å². The van der Waals surface area contributed by atoms with E-state index in [9.17, 15) is 9.90 Å². The summed E-state index contributed by atoms with van der Waals surface area (Å²) >= 11 is 0. The molecule has 0 aromatic heterocycles. The number of hydrogen-bond acceptors (Lipinski definition) is 3. The maximum Gasteiger partial charge on any atom is 0.218 e. The molecule has 3 rings (SSSR count). The summed E-state index contributed by atoms with van der Waals surface area (Å²) in [5, 5.41) is 13.3. The first-order chi connectivity index (χ1) is 11.5. The molecule has 1 heterocycles. The van der Waals surface area contributed by atoms with E-state index in [0.29, 0.717) is 6.42 Å². The minimum Gasteiger partial charge on any atom is -0.508 e. The summed E-state index contributed by atoms with van der Waals surface area (Å²) in [5.74, 6) is 0.225. The van der Waals surface area contributed by atoms with Gasteiger partial charge in [0.2, 0.25) is 5.91 Å². The molecule has 2 atom stereocenters. The lowest BCUT2D eigenvalue weighted by atomic mass is 9.73. The first-order valence-corrected chi connectivity index (χ1v) is 8.38. The van der Waals surface area contributed by atoms with Gasteiger partial charge in [-0.25, -0.2) is 0 Å². The van der Waals surface area contributed by atoms with Crippen LogP contribution in [0.15, 0.2) is 36.4 Å². The fourth-order valence-corrected chi connectivity index (χ4v) is 4.12. The standard InChI is InChI=1S/C20H24N2O2/c1-12-9-14(23)10-13(2)20(12)17(11-19(21)24)15-7-8-22-18-6-4-3-5-16(15)18/h3-6,9-10,15,17,22-23H,7-8,11H2,1-2H3,(H2,21,24). The number of fused-ring (bicyclic) bond motifs is 1. The Morgan fingerprint density at radius 2 is 1.96 bits per heavy atom. The number of rotatable bonds is 4. The number of carbonyl (C=O) groups excluding carboxylic acids is 1. The lowest BCUT2D eigenvalue weighted by Crippen LogP contribution is -2.26. The van der Waals surface area contributed by atoms with E-state index in [1.54, 1.807) is 12.1 Å². The summed E-state index contributed by atoms with van der Waals surface area (Å²) in [4.78, 5) is 11.8. The van der Waals surface area contributed by atoms with Crippen molar-refractivity contribution in [1.82, 2.24) is 0 Å². The summed E-state index contributed by atoms with van der Waals surface area (Å²) in [7, 11) is 0. The average Bonchev–Trinajstić information content (AvgIpc) is 2.52. The van der Waals surface area contributed by atoms with Gasteiger partial charge in [-0.2, -0.15) is 0 Å². The zero-order chi connectivity index (χ0) is 17.3. The van der Waals surface area contributed by atoms with Gasteiger partial charge in [0.05, 0.1) is 0 Å². The van der Waals surface area contributed by atoms with Crippen LogP contribution in [0.25, 0.3) is 0 Å². The largest absolute Gasteiger partial charge is 0.508 e. The monoisotopic (exact) mass is 324 g/mol. The molecule has 0 radical (unpaired) electrons. The first-order valence-electron chi connectivity index (χ1n) is 8.38. The molecule has 0 aliphatic carbocycles. The quantitative estimate of drug-likeness (QED) is 0.805. The summed E-state index contributed by atoms with van der Waals surface area (Å²) < 4.78 is 0. The maximum atomic E-state index is 11.8.